The molecule has 2 heterocycles. The first-order valence-electron chi connectivity index (χ1n) is 10.2. The zero-order valence-electron chi connectivity index (χ0n) is 18.6. The lowest BCUT2D eigenvalue weighted by molar-refractivity contribution is 0.323. The van der Waals surface area contributed by atoms with Crippen molar-refractivity contribution in [1.82, 2.24) is 15.0 Å². The molecule has 3 N–H and O–H groups in total. The van der Waals surface area contributed by atoms with Crippen LogP contribution in [0.15, 0.2) is 51.1 Å². The summed E-state index contributed by atoms with van der Waals surface area (Å²) in [5.74, 6) is 0.957. The highest BCUT2D eigenvalue weighted by molar-refractivity contribution is 6.03. The summed E-state index contributed by atoms with van der Waals surface area (Å²) in [6.45, 7) is 1.81. The number of rotatable bonds is 6. The molecule has 1 aliphatic rings. The summed E-state index contributed by atoms with van der Waals surface area (Å²) in [4.78, 5) is 27.5. The molecule has 3 aromatic rings. The van der Waals surface area contributed by atoms with E-state index in [9.17, 15) is 14.7 Å². The first-order chi connectivity index (χ1) is 15.9. The summed E-state index contributed by atoms with van der Waals surface area (Å²) in [7, 11) is 4.57. The maximum absolute atomic E-state index is 12.6. The zero-order valence-corrected chi connectivity index (χ0v) is 18.6. The van der Waals surface area contributed by atoms with Gasteiger partial charge in [-0.2, -0.15) is 5.10 Å². The monoisotopic (exact) mass is 452 g/mol. The Balaban J connectivity index is 1.74. The number of hydrogen-bond donors (Lipinski definition) is 3. The molecule has 0 spiro atoms. The Morgan fingerprint density at radius 2 is 1.73 bits per heavy atom. The Bertz CT molecular complexity index is 1330. The van der Waals surface area contributed by atoms with E-state index >= 15 is 0 Å². The maximum atomic E-state index is 12.6. The Morgan fingerprint density at radius 1 is 1.06 bits per heavy atom. The molecule has 172 valence electrons. The largest absolute Gasteiger partial charge is 0.493 e. The second-order valence-electron chi connectivity index (χ2n) is 7.48. The van der Waals surface area contributed by atoms with E-state index in [-0.39, 0.29) is 18.0 Å². The van der Waals surface area contributed by atoms with Gasteiger partial charge in [-0.25, -0.2) is 9.36 Å². The molecular formula is C23H24N4O6. The van der Waals surface area contributed by atoms with Crippen LogP contribution in [-0.2, 0) is 0 Å². The number of aromatic nitrogens is 2. The molecule has 4 rings (SSSR count). The number of H-pyrrole nitrogens is 1. The molecule has 0 saturated carbocycles. The molecule has 10 nitrogen and oxygen atoms in total. The van der Waals surface area contributed by atoms with Crippen molar-refractivity contribution < 1.29 is 19.3 Å². The quantitative estimate of drug-likeness (QED) is 0.522. The van der Waals surface area contributed by atoms with Crippen molar-refractivity contribution in [3.8, 4) is 28.8 Å². The summed E-state index contributed by atoms with van der Waals surface area (Å²) < 4.78 is 17.3. The van der Waals surface area contributed by atoms with Crippen molar-refractivity contribution in [2.24, 2.45) is 5.10 Å². The van der Waals surface area contributed by atoms with Gasteiger partial charge < -0.3 is 24.7 Å². The summed E-state index contributed by atoms with van der Waals surface area (Å²) in [5.41, 5.74) is 3.79. The van der Waals surface area contributed by atoms with E-state index in [0.29, 0.717) is 28.6 Å². The SMILES string of the molecule is COc1cc([C@@H]2CC(c3c(O)n(-c4ccccc4C)c(=O)[nH]c3=O)=NN2)cc(OC)c1OC. The number of nitrogens with zero attached hydrogens (tertiary/aromatic N) is 2. The third-order valence-corrected chi connectivity index (χ3v) is 5.57. The van der Waals surface area contributed by atoms with Crippen molar-refractivity contribution in [3.63, 3.8) is 0 Å². The molecule has 10 heteroatoms. The molecule has 0 aliphatic carbocycles. The van der Waals surface area contributed by atoms with E-state index in [4.69, 9.17) is 14.2 Å². The minimum absolute atomic E-state index is 0.0692. The number of methoxy groups -OCH3 is 3. The second-order valence-corrected chi connectivity index (χ2v) is 7.48. The van der Waals surface area contributed by atoms with E-state index in [1.807, 2.05) is 6.07 Å². The van der Waals surface area contributed by atoms with Crippen LogP contribution in [0.5, 0.6) is 23.1 Å². The molecule has 1 atom stereocenters. The topological polar surface area (TPSA) is 127 Å². The molecule has 0 fully saturated rings. The molecule has 0 radical (unpaired) electrons. The number of hydrazone groups is 1. The van der Waals surface area contributed by atoms with Crippen LogP contribution in [0.2, 0.25) is 0 Å². The van der Waals surface area contributed by atoms with Crippen LogP contribution in [0.25, 0.3) is 5.69 Å². The van der Waals surface area contributed by atoms with Crippen molar-refractivity contribution in [2.75, 3.05) is 21.3 Å². The van der Waals surface area contributed by atoms with Gasteiger partial charge in [0, 0.05) is 6.42 Å². The smallest absolute Gasteiger partial charge is 0.335 e. The van der Waals surface area contributed by atoms with E-state index < -0.39 is 17.1 Å². The van der Waals surface area contributed by atoms with Gasteiger partial charge in [0.25, 0.3) is 5.56 Å². The van der Waals surface area contributed by atoms with E-state index in [0.717, 1.165) is 15.7 Å². The lowest BCUT2D eigenvalue weighted by Crippen LogP contribution is -2.33. The van der Waals surface area contributed by atoms with Crippen molar-refractivity contribution in [2.45, 2.75) is 19.4 Å². The number of nitrogens with one attached hydrogen (secondary N) is 2. The van der Waals surface area contributed by atoms with Crippen LogP contribution in [0.4, 0.5) is 0 Å². The fourth-order valence-electron chi connectivity index (χ4n) is 3.92. The van der Waals surface area contributed by atoms with Gasteiger partial charge in [0.05, 0.1) is 38.8 Å². The number of ether oxygens (including phenoxy) is 3. The summed E-state index contributed by atoms with van der Waals surface area (Å²) in [5, 5.41) is 15.2. The van der Waals surface area contributed by atoms with Gasteiger partial charge in [0.2, 0.25) is 11.6 Å². The highest BCUT2D eigenvalue weighted by Crippen LogP contribution is 2.41. The second kappa shape index (κ2) is 8.73. The minimum Gasteiger partial charge on any atom is -0.493 e. The van der Waals surface area contributed by atoms with Crippen LogP contribution in [0.3, 0.4) is 0 Å². The van der Waals surface area contributed by atoms with Gasteiger partial charge in [-0.05, 0) is 36.2 Å². The van der Waals surface area contributed by atoms with Crippen LogP contribution in [0.1, 0.15) is 29.2 Å². The average Bonchev–Trinajstić information content (AvgIpc) is 3.28. The number of benzene rings is 2. The van der Waals surface area contributed by atoms with Crippen molar-refractivity contribution >= 4 is 5.71 Å². The number of aryl methyl sites for hydroxylation is 1. The van der Waals surface area contributed by atoms with E-state index in [1.165, 1.54) is 21.3 Å². The minimum atomic E-state index is -0.733. The molecule has 1 aromatic heterocycles. The Kier molecular flexibility index (Phi) is 5.82. The third-order valence-electron chi connectivity index (χ3n) is 5.57. The summed E-state index contributed by atoms with van der Waals surface area (Å²) >= 11 is 0. The molecule has 0 bridgehead atoms. The predicted octanol–water partition coefficient (Wildman–Crippen LogP) is 2.00. The normalized spacial score (nSPS) is 15.0. The number of para-hydroxylation sites is 1. The van der Waals surface area contributed by atoms with E-state index in [1.54, 1.807) is 37.3 Å². The maximum Gasteiger partial charge on any atom is 0.335 e. The predicted molar refractivity (Wildman–Crippen MR) is 122 cm³/mol. The Labute approximate surface area is 189 Å². The number of aromatic amines is 1. The van der Waals surface area contributed by atoms with Crippen molar-refractivity contribution in [3.05, 3.63) is 73.9 Å². The molecule has 2 aromatic carbocycles. The van der Waals surface area contributed by atoms with Gasteiger partial charge >= 0.3 is 5.69 Å². The van der Waals surface area contributed by atoms with Gasteiger partial charge in [-0.3, -0.25) is 9.78 Å². The van der Waals surface area contributed by atoms with Gasteiger partial charge in [-0.15, -0.1) is 0 Å². The Hall–Kier alpha value is -4.21. The van der Waals surface area contributed by atoms with Crippen LogP contribution >= 0.6 is 0 Å². The van der Waals surface area contributed by atoms with Gasteiger partial charge in [0.1, 0.15) is 5.56 Å². The highest BCUT2D eigenvalue weighted by atomic mass is 16.5. The van der Waals surface area contributed by atoms with Crippen LogP contribution < -0.4 is 30.9 Å². The molecule has 33 heavy (non-hydrogen) atoms. The van der Waals surface area contributed by atoms with Crippen LogP contribution in [0, 0.1) is 6.92 Å². The lowest BCUT2D eigenvalue weighted by Gasteiger charge is -2.17. The number of aromatic hydroxyl groups is 1. The molecule has 0 unspecified atom stereocenters. The summed E-state index contributed by atoms with van der Waals surface area (Å²) in [6, 6.07) is 10.3. The highest BCUT2D eigenvalue weighted by Gasteiger charge is 2.29. The molecular weight excluding hydrogens is 428 g/mol. The molecule has 0 saturated heterocycles. The number of hydrogen-bond acceptors (Lipinski definition) is 8. The zero-order chi connectivity index (χ0) is 23.7. The van der Waals surface area contributed by atoms with Gasteiger partial charge in [0.15, 0.2) is 11.5 Å². The van der Waals surface area contributed by atoms with Crippen molar-refractivity contribution in [1.29, 1.82) is 0 Å². The fraction of sp³-hybridized carbons (Fsp3) is 0.261. The van der Waals surface area contributed by atoms with Crippen LogP contribution in [-0.4, -0.2) is 41.7 Å². The Morgan fingerprint density at radius 3 is 2.33 bits per heavy atom. The molecule has 1 aliphatic heterocycles. The summed E-state index contributed by atoms with van der Waals surface area (Å²) in [6.07, 6.45) is 0.279. The van der Waals surface area contributed by atoms with Gasteiger partial charge in [-0.1, -0.05) is 18.2 Å². The fourth-order valence-corrected chi connectivity index (χ4v) is 3.92. The average molecular weight is 452 g/mol. The van der Waals surface area contributed by atoms with E-state index in [2.05, 4.69) is 15.5 Å². The molecule has 0 amide bonds. The lowest BCUT2D eigenvalue weighted by atomic mass is 9.99. The first kappa shape index (κ1) is 22.0. The standard InChI is InChI=1S/C23H24N4O6/c1-12-7-5-6-8-16(12)27-22(29)19(21(28)24-23(27)30)15-11-14(25-26-15)13-9-17(31-2)20(33-4)18(10-13)32-3/h5-10,14,25,29H,11H2,1-4H3,(H,24,28,30)/t14-/m0/s1. The third kappa shape index (κ3) is 3.79. The first-order valence-corrected chi connectivity index (χ1v) is 10.2.